The van der Waals surface area contributed by atoms with E-state index in [-0.39, 0.29) is 159 Å². The molecule has 0 spiro atoms. The van der Waals surface area contributed by atoms with Crippen LogP contribution in [0.4, 0.5) is 82.0 Å². The lowest BCUT2D eigenvalue weighted by atomic mass is 9.78. The van der Waals surface area contributed by atoms with Crippen molar-refractivity contribution in [3.05, 3.63) is 189 Å². The average molecular weight is 2020 g/mol. The summed E-state index contributed by atoms with van der Waals surface area (Å²) in [5.74, 6) is -7.02. The number of rotatable bonds is 23. The first-order valence-electron chi connectivity index (χ1n) is 46.1. The smallest absolute Gasteiger partial charge is 0.282 e. The second-order valence-electron chi connectivity index (χ2n) is 42.0. The number of ether oxygens (including phenoxy) is 3. The molecule has 750 valence electrons. The van der Waals surface area contributed by atoms with E-state index in [0.29, 0.717) is 124 Å². The van der Waals surface area contributed by atoms with Gasteiger partial charge in [-0.3, -0.25) is 58.0 Å². The number of carbonyl (C=O) groups excluding carboxylic acids is 8. The van der Waals surface area contributed by atoms with Crippen LogP contribution in [0.25, 0.3) is 0 Å². The summed E-state index contributed by atoms with van der Waals surface area (Å²) < 4.78 is 210. The van der Waals surface area contributed by atoms with Gasteiger partial charge >= 0.3 is 0 Å². The molecule has 13 heterocycles. The Hall–Kier alpha value is -11.5. The summed E-state index contributed by atoms with van der Waals surface area (Å²) in [6.45, 7) is 29.0. The number of carbonyl (C=O) groups is 8. The first-order chi connectivity index (χ1) is 64.8. The van der Waals surface area contributed by atoms with Crippen LogP contribution in [0.2, 0.25) is 0 Å². The van der Waals surface area contributed by atoms with Crippen LogP contribution in [-0.4, -0.2) is 184 Å². The van der Waals surface area contributed by atoms with Gasteiger partial charge in [-0.15, -0.1) is 0 Å². The molecule has 9 aliphatic heterocycles. The first-order valence-corrected chi connectivity index (χ1v) is 53.4. The van der Waals surface area contributed by atoms with E-state index in [1.807, 2.05) is 34.6 Å². The molecule has 4 aromatic carbocycles. The van der Waals surface area contributed by atoms with Gasteiger partial charge in [-0.1, -0.05) is 27.7 Å². The molecular weight excluding hydrogens is 1900 g/mol. The number of amides is 4. The highest BCUT2D eigenvalue weighted by Crippen LogP contribution is 2.54. The number of benzene rings is 4. The van der Waals surface area contributed by atoms with Crippen LogP contribution in [0.3, 0.4) is 0 Å². The lowest BCUT2D eigenvalue weighted by molar-refractivity contribution is -0.122. The summed E-state index contributed by atoms with van der Waals surface area (Å²) in [5, 5.41) is 0. The monoisotopic (exact) mass is 2020 g/mol. The number of halogens is 7. The quantitative estimate of drug-likeness (QED) is 0.0424. The molecule has 4 aromatic heterocycles. The number of ketones is 4. The van der Waals surface area contributed by atoms with Gasteiger partial charge in [-0.05, 0) is 232 Å². The molecule has 0 radical (unpaired) electrons. The van der Waals surface area contributed by atoms with Gasteiger partial charge in [0, 0.05) is 85.2 Å². The Bertz CT molecular complexity index is 6690. The molecule has 1 atom stereocenters. The second-order valence-corrected chi connectivity index (χ2v) is 50.9. The van der Waals surface area contributed by atoms with Crippen molar-refractivity contribution in [1.82, 2.24) is 19.9 Å². The van der Waals surface area contributed by atoms with E-state index in [4.69, 9.17) is 14.2 Å². The summed E-state index contributed by atoms with van der Waals surface area (Å²) in [6.07, 6.45) is 5.54. The molecule has 0 N–H and O–H groups in total. The van der Waals surface area contributed by atoms with Gasteiger partial charge in [-0.2, -0.15) is 0 Å². The number of sulfone groups is 4. The number of anilines is 9. The SMILES string of the molecule is CC(C)Oc1cc(N2C(=O)C(C)(C)c3cc(C(=O)CC4(C)CCS(=O)(=O)CC4)ccc32)c(F)cn1.CC(F)Oc1cc(N2C(=O)C(C)(C)c3cc(C(=O)CC4(C)CCS(=O)(=O)CC4)ccc32)c(F)cn1.CCOc1cc(N2C(=O)C(C)(C)c3cc(C(=O)CC4(C)CS(=O)(=O)C4)ccc32)c(F)cn1.Cc1cnc(N2CC(F)(F)C2)cc1N1C(=O)C(C)(C)c2cc(C(=O)CC3(C)CCS(=O)(=O)CC3)c(F)cc21. The molecule has 17 rings (SSSR count). The van der Waals surface area contributed by atoms with E-state index in [9.17, 15) is 98.4 Å². The van der Waals surface area contributed by atoms with Crippen molar-refractivity contribution >= 4 is 137 Å². The Morgan fingerprint density at radius 1 is 0.386 bits per heavy atom. The fourth-order valence-corrected chi connectivity index (χ4v) is 27.1. The van der Waals surface area contributed by atoms with E-state index < -0.39 is 138 Å². The number of aromatic nitrogens is 4. The number of Topliss-reactive ketones (excluding diaryl/α,β-unsaturated/α-hetero) is 4. The van der Waals surface area contributed by atoms with Crippen LogP contribution in [-0.2, 0) is 80.2 Å². The Labute approximate surface area is 810 Å². The van der Waals surface area contributed by atoms with Crippen molar-refractivity contribution in [2.75, 3.05) is 90.2 Å². The largest absolute Gasteiger partial charge is 0.478 e. The van der Waals surface area contributed by atoms with Gasteiger partial charge in [0.25, 0.3) is 5.92 Å². The highest BCUT2D eigenvalue weighted by atomic mass is 32.2. The van der Waals surface area contributed by atoms with Gasteiger partial charge in [-0.25, -0.2) is 84.3 Å². The van der Waals surface area contributed by atoms with Gasteiger partial charge in [0.2, 0.25) is 47.6 Å². The van der Waals surface area contributed by atoms with Crippen molar-refractivity contribution in [1.29, 1.82) is 0 Å². The third-order valence-electron chi connectivity index (χ3n) is 28.1. The standard InChI is InChI=1S/C27H30F3N3O4S.C26H31FN2O5S.C25H28F2N2O5S.C23H25FN2O5S/c1-16-13-31-23(32-14-27(29,30)15-32)11-20(16)33-21-10-19(28)17(9-18(21)25(2,3)24(33)35)22(34)12-26(4)5-7-38(36,37)8-6-26;1-16(2)34-23-13-21(19(27)15-28-23)29-20-7-6-17(12-18(20)25(3,4)24(29)31)22(30)14-26(5)8-10-35(32,33)11-9-26;1-15(26)34-22-12-20(18(27)14-28-22)29-19-6-5-16(11-17(19)24(2,3)23(29)31)21(30)13-25(4)7-9-35(32,33)10-8-25;1-5-31-20-9-18(16(24)11-25-20)26-17-7-6-14(8-15(17)22(2,3)21(26)28)19(27)10-23(4)12-32(29,30)13-23/h9-11,13H,5-8,12,14-15H2,1-4H3;6-7,12-13,15-16H,8-11,14H2,1-5H3;5-6,11-12,14-15H,7-10,13H2,1-4H3;6-9,11H,5,10,12-13H2,1-4H3. The fraction of sp³-hybridized carbons (Fsp3) is 0.485. The normalized spacial score (nSPS) is 20.9. The van der Waals surface area contributed by atoms with Crippen molar-refractivity contribution in [2.24, 2.45) is 21.7 Å². The predicted molar refractivity (Wildman–Crippen MR) is 514 cm³/mol. The van der Waals surface area contributed by atoms with Crippen molar-refractivity contribution in [3.8, 4) is 17.6 Å². The van der Waals surface area contributed by atoms with Gasteiger partial charge in [0.15, 0.2) is 50.4 Å². The maximum atomic E-state index is 15.5. The molecule has 4 amide bonds. The summed E-state index contributed by atoms with van der Waals surface area (Å²) in [6, 6.07) is 22.9. The zero-order valence-corrected chi connectivity index (χ0v) is 84.3. The third kappa shape index (κ3) is 21.2. The minimum Gasteiger partial charge on any atom is -0.478 e. The third-order valence-corrected chi connectivity index (χ3v) is 35.3. The predicted octanol–water partition coefficient (Wildman–Crippen LogP) is 17.7. The molecule has 39 heteroatoms. The number of hydrogen-bond donors (Lipinski definition) is 0. The highest BCUT2D eigenvalue weighted by molar-refractivity contribution is 7.93. The molecule has 5 saturated heterocycles. The Kier molecular flexibility index (Phi) is 27.9. The molecule has 0 aliphatic carbocycles. The van der Waals surface area contributed by atoms with Crippen LogP contribution in [0.1, 0.15) is 244 Å². The zero-order valence-electron chi connectivity index (χ0n) is 81.0. The number of pyridine rings is 4. The molecule has 0 saturated carbocycles. The van der Waals surface area contributed by atoms with Crippen LogP contribution >= 0.6 is 0 Å². The molecule has 1 unspecified atom stereocenters. The number of hydrogen-bond acceptors (Lipinski definition) is 24. The van der Waals surface area contributed by atoms with E-state index >= 15 is 4.39 Å². The number of aryl methyl sites for hydroxylation is 1. The zero-order chi connectivity index (χ0) is 103. The van der Waals surface area contributed by atoms with Crippen molar-refractivity contribution in [2.45, 2.75) is 222 Å². The molecule has 0 bridgehead atoms. The molecule has 28 nitrogen and oxygen atoms in total. The van der Waals surface area contributed by atoms with Crippen molar-refractivity contribution in [3.63, 3.8) is 0 Å². The Balaban J connectivity index is 0.000000149. The Morgan fingerprint density at radius 2 is 0.714 bits per heavy atom. The van der Waals surface area contributed by atoms with Crippen LogP contribution in [0.15, 0.2) is 116 Å². The van der Waals surface area contributed by atoms with Gasteiger partial charge in [0.05, 0.1) is 163 Å². The van der Waals surface area contributed by atoms with Gasteiger partial charge < -0.3 is 19.1 Å². The van der Waals surface area contributed by atoms with E-state index in [2.05, 4.69) is 19.9 Å². The van der Waals surface area contributed by atoms with E-state index in [1.165, 1.54) is 61.0 Å². The fourth-order valence-electron chi connectivity index (χ4n) is 19.4. The molecule has 9 aliphatic rings. The molecule has 140 heavy (non-hydrogen) atoms. The molecule has 8 aromatic rings. The molecule has 5 fully saturated rings. The number of nitrogens with zero attached hydrogens (tertiary/aromatic N) is 9. The minimum absolute atomic E-state index is 0.00206. The number of alkyl halides is 3. The van der Waals surface area contributed by atoms with E-state index in [1.54, 1.807) is 137 Å². The maximum Gasteiger partial charge on any atom is 0.282 e. The lowest BCUT2D eigenvalue weighted by Gasteiger charge is -2.40. The Morgan fingerprint density at radius 3 is 1.06 bits per heavy atom. The van der Waals surface area contributed by atoms with E-state index in [0.717, 1.165) is 25.5 Å². The van der Waals surface area contributed by atoms with Crippen LogP contribution < -0.4 is 38.7 Å². The summed E-state index contributed by atoms with van der Waals surface area (Å²) in [7, 11) is -12.2. The highest BCUT2D eigenvalue weighted by Gasteiger charge is 2.54. The van der Waals surface area contributed by atoms with Crippen LogP contribution in [0.5, 0.6) is 17.6 Å². The number of fused-ring (bicyclic) bond motifs is 4. The van der Waals surface area contributed by atoms with Crippen molar-refractivity contribution < 1.29 is 117 Å². The summed E-state index contributed by atoms with van der Waals surface area (Å²) >= 11 is 0. The topological polar surface area (TPSA) is 369 Å². The van der Waals surface area contributed by atoms with Crippen LogP contribution in [0, 0.1) is 51.9 Å². The summed E-state index contributed by atoms with van der Waals surface area (Å²) in [5.41, 5.74) is 0.0687. The minimum atomic E-state index is -3.11. The average Bonchev–Trinajstić information content (AvgIpc) is 1.48. The first kappa shape index (κ1) is 104. The maximum absolute atomic E-state index is 15.5. The second kappa shape index (κ2) is 37.4. The summed E-state index contributed by atoms with van der Waals surface area (Å²) in [4.78, 5) is 129. The van der Waals surface area contributed by atoms with Gasteiger partial charge in [0.1, 0.15) is 41.1 Å². The molecular formula is C101H114F7N9O19S4. The lowest BCUT2D eigenvalue weighted by Crippen LogP contribution is -2.56.